The molecule has 0 saturated heterocycles. The first-order valence-electron chi connectivity index (χ1n) is 7.20. The highest BCUT2D eigenvalue weighted by atomic mass is 16.5. The van der Waals surface area contributed by atoms with Crippen molar-refractivity contribution in [1.29, 1.82) is 0 Å². The topological polar surface area (TPSA) is 73.9 Å². The van der Waals surface area contributed by atoms with Gasteiger partial charge in [0.1, 0.15) is 17.1 Å². The van der Waals surface area contributed by atoms with Crippen LogP contribution in [0.4, 0.5) is 0 Å². The summed E-state index contributed by atoms with van der Waals surface area (Å²) in [6.07, 6.45) is 1.85. The van der Waals surface area contributed by atoms with Crippen LogP contribution in [0, 0.1) is 0 Å². The third-order valence-electron chi connectivity index (χ3n) is 3.09. The number of carbonyl (C=O) groups excluding carboxylic acids is 2. The molecular formula is C16H23NO5. The molecule has 1 N–H and O–H groups in total. The maximum absolute atomic E-state index is 12.1. The number of rotatable bonds is 8. The minimum atomic E-state index is -0.631. The second-order valence-electron chi connectivity index (χ2n) is 4.90. The van der Waals surface area contributed by atoms with E-state index in [-0.39, 0.29) is 24.1 Å². The van der Waals surface area contributed by atoms with Crippen molar-refractivity contribution < 1.29 is 23.8 Å². The van der Waals surface area contributed by atoms with Crippen LogP contribution in [0.1, 0.15) is 37.0 Å². The van der Waals surface area contributed by atoms with Gasteiger partial charge in [-0.2, -0.15) is 0 Å². The van der Waals surface area contributed by atoms with Crippen molar-refractivity contribution in [2.24, 2.45) is 0 Å². The summed E-state index contributed by atoms with van der Waals surface area (Å²) in [7, 11) is 2.96. The van der Waals surface area contributed by atoms with Gasteiger partial charge in [-0.25, -0.2) is 4.79 Å². The molecule has 0 unspecified atom stereocenters. The predicted molar refractivity (Wildman–Crippen MR) is 82.3 cm³/mol. The summed E-state index contributed by atoms with van der Waals surface area (Å²) in [6, 6.07) is 4.86. The molecular weight excluding hydrogens is 286 g/mol. The molecule has 1 aromatic carbocycles. The third-order valence-corrected chi connectivity index (χ3v) is 3.09. The summed E-state index contributed by atoms with van der Waals surface area (Å²) < 4.78 is 15.2. The molecule has 122 valence electrons. The summed E-state index contributed by atoms with van der Waals surface area (Å²) in [5, 5.41) is 2.77. The van der Waals surface area contributed by atoms with Crippen LogP contribution in [0.15, 0.2) is 18.2 Å². The number of ether oxygens (including phenoxy) is 3. The molecule has 6 heteroatoms. The lowest BCUT2D eigenvalue weighted by atomic mass is 10.2. The minimum Gasteiger partial charge on any atom is -0.497 e. The van der Waals surface area contributed by atoms with Gasteiger partial charge in [-0.1, -0.05) is 13.3 Å². The van der Waals surface area contributed by atoms with E-state index in [1.54, 1.807) is 12.1 Å². The second-order valence-corrected chi connectivity index (χ2v) is 4.90. The molecule has 6 nitrogen and oxygen atoms in total. The zero-order valence-corrected chi connectivity index (χ0v) is 13.5. The molecule has 0 bridgehead atoms. The third kappa shape index (κ3) is 5.27. The molecule has 0 saturated carbocycles. The highest BCUT2D eigenvalue weighted by Crippen LogP contribution is 2.24. The van der Waals surface area contributed by atoms with Gasteiger partial charge in [0.2, 0.25) is 0 Å². The van der Waals surface area contributed by atoms with Crippen molar-refractivity contribution in [2.75, 3.05) is 20.8 Å². The van der Waals surface area contributed by atoms with Gasteiger partial charge in [0.15, 0.2) is 6.61 Å². The number of hydrogen-bond acceptors (Lipinski definition) is 5. The molecule has 1 rings (SSSR count). The lowest BCUT2D eigenvalue weighted by Gasteiger charge is -2.13. The van der Waals surface area contributed by atoms with Crippen molar-refractivity contribution >= 4 is 11.9 Å². The number of nitrogens with one attached hydrogen (secondary N) is 1. The number of methoxy groups -OCH3 is 2. The lowest BCUT2D eigenvalue weighted by Crippen LogP contribution is -2.35. The van der Waals surface area contributed by atoms with Crippen molar-refractivity contribution in [3.05, 3.63) is 23.8 Å². The van der Waals surface area contributed by atoms with Gasteiger partial charge < -0.3 is 19.5 Å². The highest BCUT2D eigenvalue weighted by molar-refractivity contribution is 5.94. The van der Waals surface area contributed by atoms with Crippen LogP contribution < -0.4 is 14.8 Å². The molecule has 0 radical (unpaired) electrons. The molecule has 22 heavy (non-hydrogen) atoms. The summed E-state index contributed by atoms with van der Waals surface area (Å²) in [6.45, 7) is 3.62. The number of amides is 1. The first kappa shape index (κ1) is 17.8. The fourth-order valence-corrected chi connectivity index (χ4v) is 2.00. The number of esters is 1. The van der Waals surface area contributed by atoms with E-state index in [9.17, 15) is 9.59 Å². The van der Waals surface area contributed by atoms with Crippen LogP contribution in [0.3, 0.4) is 0 Å². The molecule has 0 aliphatic carbocycles. The minimum absolute atomic E-state index is 0.0579. The van der Waals surface area contributed by atoms with Crippen molar-refractivity contribution in [2.45, 2.75) is 32.7 Å². The molecule has 0 aliphatic rings. The summed E-state index contributed by atoms with van der Waals surface area (Å²) in [4.78, 5) is 23.8. The standard InChI is InChI=1S/C16H23NO5/c1-5-6-11(2)17-15(18)10-22-16(19)13-9-12(20-3)7-8-14(13)21-4/h7-9,11H,5-6,10H2,1-4H3,(H,17,18)/t11-/m1/s1. The summed E-state index contributed by atoms with van der Waals surface area (Å²) >= 11 is 0. The fourth-order valence-electron chi connectivity index (χ4n) is 2.00. The molecule has 0 aromatic heterocycles. The number of hydrogen-bond donors (Lipinski definition) is 1. The van der Waals surface area contributed by atoms with Crippen LogP contribution in [-0.4, -0.2) is 38.7 Å². The van der Waals surface area contributed by atoms with E-state index in [0.29, 0.717) is 11.5 Å². The van der Waals surface area contributed by atoms with Gasteiger partial charge in [-0.15, -0.1) is 0 Å². The van der Waals surface area contributed by atoms with Crippen LogP contribution in [0.5, 0.6) is 11.5 Å². The molecule has 1 aromatic rings. The number of benzene rings is 1. The van der Waals surface area contributed by atoms with E-state index in [1.807, 2.05) is 13.8 Å². The number of carbonyl (C=O) groups is 2. The van der Waals surface area contributed by atoms with Gasteiger partial charge in [0.05, 0.1) is 14.2 Å². The normalized spacial score (nSPS) is 11.5. The molecule has 0 fully saturated rings. The van der Waals surface area contributed by atoms with E-state index >= 15 is 0 Å². The van der Waals surface area contributed by atoms with Gasteiger partial charge in [0.25, 0.3) is 5.91 Å². The van der Waals surface area contributed by atoms with Crippen molar-refractivity contribution in [3.63, 3.8) is 0 Å². The summed E-state index contributed by atoms with van der Waals surface area (Å²) in [5.74, 6) is -0.0791. The first-order chi connectivity index (χ1) is 10.5. The Hall–Kier alpha value is -2.24. The Labute approximate surface area is 130 Å². The van der Waals surface area contributed by atoms with Crippen LogP contribution in [-0.2, 0) is 9.53 Å². The smallest absolute Gasteiger partial charge is 0.342 e. The average molecular weight is 309 g/mol. The Bertz CT molecular complexity index is 515. The van der Waals surface area contributed by atoms with Crippen LogP contribution >= 0.6 is 0 Å². The SMILES string of the molecule is CCC[C@@H](C)NC(=O)COC(=O)c1cc(OC)ccc1OC. The molecule has 0 heterocycles. The van der Waals surface area contributed by atoms with E-state index in [4.69, 9.17) is 14.2 Å². The van der Waals surface area contributed by atoms with E-state index in [2.05, 4.69) is 5.32 Å². The zero-order chi connectivity index (χ0) is 16.5. The largest absolute Gasteiger partial charge is 0.497 e. The Morgan fingerprint density at radius 3 is 2.55 bits per heavy atom. The van der Waals surface area contributed by atoms with Crippen LogP contribution in [0.2, 0.25) is 0 Å². The molecule has 0 spiro atoms. The quantitative estimate of drug-likeness (QED) is 0.745. The van der Waals surface area contributed by atoms with Gasteiger partial charge in [-0.05, 0) is 31.5 Å². The van der Waals surface area contributed by atoms with Gasteiger partial charge in [0, 0.05) is 6.04 Å². The first-order valence-corrected chi connectivity index (χ1v) is 7.20. The summed E-state index contributed by atoms with van der Waals surface area (Å²) in [5.41, 5.74) is 0.219. The van der Waals surface area contributed by atoms with Crippen molar-refractivity contribution in [1.82, 2.24) is 5.32 Å². The maximum Gasteiger partial charge on any atom is 0.342 e. The Balaban J connectivity index is 2.63. The second kappa shape index (κ2) is 8.92. The van der Waals surface area contributed by atoms with E-state index < -0.39 is 5.97 Å². The maximum atomic E-state index is 12.1. The van der Waals surface area contributed by atoms with E-state index in [0.717, 1.165) is 12.8 Å². The molecule has 1 amide bonds. The Morgan fingerprint density at radius 2 is 1.95 bits per heavy atom. The fraction of sp³-hybridized carbons (Fsp3) is 0.500. The van der Waals surface area contributed by atoms with Crippen molar-refractivity contribution in [3.8, 4) is 11.5 Å². The van der Waals surface area contributed by atoms with E-state index in [1.165, 1.54) is 20.3 Å². The highest BCUT2D eigenvalue weighted by Gasteiger charge is 2.17. The monoisotopic (exact) mass is 309 g/mol. The zero-order valence-electron chi connectivity index (χ0n) is 13.5. The van der Waals surface area contributed by atoms with Crippen LogP contribution in [0.25, 0.3) is 0 Å². The Morgan fingerprint density at radius 1 is 1.23 bits per heavy atom. The lowest BCUT2D eigenvalue weighted by molar-refractivity contribution is -0.124. The average Bonchev–Trinajstić information content (AvgIpc) is 2.52. The predicted octanol–water partition coefficient (Wildman–Crippen LogP) is 2.17. The molecule has 1 atom stereocenters. The Kier molecular flexibility index (Phi) is 7.22. The van der Waals surface area contributed by atoms with Gasteiger partial charge >= 0.3 is 5.97 Å². The van der Waals surface area contributed by atoms with Gasteiger partial charge in [-0.3, -0.25) is 4.79 Å². The molecule has 0 aliphatic heterocycles.